The highest BCUT2D eigenvalue weighted by atomic mass is 19.3. The van der Waals surface area contributed by atoms with Crippen LogP contribution in [0, 0.1) is 0 Å². The summed E-state index contributed by atoms with van der Waals surface area (Å²) >= 11 is 0. The first kappa shape index (κ1) is 15.7. The van der Waals surface area contributed by atoms with E-state index in [-0.39, 0.29) is 0 Å². The average Bonchev–Trinajstić information content (AvgIpc) is 2.20. The fraction of sp³-hybridized carbons (Fsp3) is 0.833. The highest BCUT2D eigenvalue weighted by molar-refractivity contribution is 5.87. The van der Waals surface area contributed by atoms with E-state index in [1.807, 2.05) is 0 Å². The van der Waals surface area contributed by atoms with Crippen LogP contribution in [0.15, 0.2) is 0 Å². The van der Waals surface area contributed by atoms with Gasteiger partial charge in [0.05, 0.1) is 7.11 Å². The van der Waals surface area contributed by atoms with E-state index < -0.39 is 42.0 Å². The smallest absolute Gasteiger partial charge is 0.410 e. The number of methoxy groups -OCH3 is 1. The monoisotopic (exact) mass is 279 g/mol. The van der Waals surface area contributed by atoms with Crippen LogP contribution in [0.2, 0.25) is 0 Å². The second kappa shape index (κ2) is 4.61. The van der Waals surface area contributed by atoms with E-state index in [0.29, 0.717) is 0 Å². The number of alkyl halides is 2. The minimum Gasteiger partial charge on any atom is -0.467 e. The van der Waals surface area contributed by atoms with Crippen molar-refractivity contribution in [1.29, 1.82) is 0 Å². The molecule has 0 bridgehead atoms. The zero-order valence-corrected chi connectivity index (χ0v) is 11.8. The zero-order valence-electron chi connectivity index (χ0n) is 11.8. The molecule has 0 aromatic carbocycles. The zero-order chi connectivity index (χ0) is 15.1. The Hall–Kier alpha value is -1.40. The molecule has 110 valence electrons. The Labute approximate surface area is 110 Å². The average molecular weight is 279 g/mol. The molecule has 0 heterocycles. The van der Waals surface area contributed by atoms with Gasteiger partial charge in [-0.1, -0.05) is 0 Å². The summed E-state index contributed by atoms with van der Waals surface area (Å²) in [5.74, 6) is -3.82. The van der Waals surface area contributed by atoms with E-state index in [0.717, 1.165) is 12.0 Å². The number of halogens is 2. The van der Waals surface area contributed by atoms with Crippen LogP contribution in [0.25, 0.3) is 0 Å². The lowest BCUT2D eigenvalue weighted by Crippen LogP contribution is -2.67. The quantitative estimate of drug-likeness (QED) is 0.727. The molecule has 1 aliphatic rings. The van der Waals surface area contributed by atoms with Crippen LogP contribution in [-0.2, 0) is 14.3 Å². The van der Waals surface area contributed by atoms with Gasteiger partial charge in [0.25, 0.3) is 5.92 Å². The number of carbonyl (C=O) groups excluding carboxylic acids is 2. The first-order valence-electron chi connectivity index (χ1n) is 5.87. The highest BCUT2D eigenvalue weighted by Crippen LogP contribution is 2.49. The lowest BCUT2D eigenvalue weighted by molar-refractivity contribution is -0.197. The van der Waals surface area contributed by atoms with Gasteiger partial charge in [0, 0.05) is 19.9 Å². The Morgan fingerprint density at radius 2 is 1.68 bits per heavy atom. The second-order valence-electron chi connectivity index (χ2n) is 5.77. The molecule has 1 aliphatic carbocycles. The van der Waals surface area contributed by atoms with Gasteiger partial charge < -0.3 is 9.47 Å². The lowest BCUT2D eigenvalue weighted by atomic mass is 9.72. The van der Waals surface area contributed by atoms with Crippen molar-refractivity contribution >= 4 is 12.1 Å². The van der Waals surface area contributed by atoms with Crippen molar-refractivity contribution in [3.05, 3.63) is 0 Å². The Balaban J connectivity index is 2.89. The Morgan fingerprint density at radius 3 is 2.00 bits per heavy atom. The molecule has 7 heteroatoms. The Bertz CT molecular complexity index is 382. The van der Waals surface area contributed by atoms with Gasteiger partial charge in [-0.05, 0) is 20.8 Å². The van der Waals surface area contributed by atoms with Crippen LogP contribution in [0.5, 0.6) is 0 Å². The van der Waals surface area contributed by atoms with E-state index in [2.05, 4.69) is 4.74 Å². The molecule has 0 spiro atoms. The van der Waals surface area contributed by atoms with Gasteiger partial charge in [-0.2, -0.15) is 0 Å². The number of hydrogen-bond donors (Lipinski definition) is 0. The third-order valence-corrected chi connectivity index (χ3v) is 2.98. The predicted octanol–water partition coefficient (Wildman–Crippen LogP) is 2.19. The normalized spacial score (nSPS) is 20.2. The van der Waals surface area contributed by atoms with Gasteiger partial charge in [-0.3, -0.25) is 4.90 Å². The van der Waals surface area contributed by atoms with Gasteiger partial charge >= 0.3 is 12.1 Å². The van der Waals surface area contributed by atoms with E-state index in [1.165, 1.54) is 7.05 Å². The predicted molar refractivity (Wildman–Crippen MR) is 62.9 cm³/mol. The summed E-state index contributed by atoms with van der Waals surface area (Å²) in [7, 11) is 2.36. The summed E-state index contributed by atoms with van der Waals surface area (Å²) in [6.45, 7) is 4.96. The maximum atomic E-state index is 13.1. The van der Waals surface area contributed by atoms with Gasteiger partial charge in [-0.15, -0.1) is 0 Å². The molecule has 0 aromatic heterocycles. The van der Waals surface area contributed by atoms with E-state index in [4.69, 9.17) is 4.74 Å². The minimum absolute atomic E-state index is 0.748. The van der Waals surface area contributed by atoms with Crippen molar-refractivity contribution in [2.45, 2.75) is 50.7 Å². The third-order valence-electron chi connectivity index (χ3n) is 2.98. The number of esters is 1. The van der Waals surface area contributed by atoms with E-state index >= 15 is 0 Å². The fourth-order valence-corrected chi connectivity index (χ4v) is 2.02. The van der Waals surface area contributed by atoms with E-state index in [1.54, 1.807) is 20.8 Å². The number of amides is 1. The van der Waals surface area contributed by atoms with Crippen LogP contribution in [-0.4, -0.2) is 48.2 Å². The number of rotatable bonds is 2. The maximum Gasteiger partial charge on any atom is 0.410 e. The standard InChI is InChI=1S/C12H19F2NO4/c1-10(2,3)19-9(17)15(4)11(8(16)18-5)6-12(13,14)7-11/h6-7H2,1-5H3. The van der Waals surface area contributed by atoms with Crippen molar-refractivity contribution in [3.63, 3.8) is 0 Å². The lowest BCUT2D eigenvalue weighted by Gasteiger charge is -2.49. The fourth-order valence-electron chi connectivity index (χ4n) is 2.02. The first-order valence-corrected chi connectivity index (χ1v) is 5.87. The first-order chi connectivity index (χ1) is 8.43. The largest absolute Gasteiger partial charge is 0.467 e. The summed E-state index contributed by atoms with van der Waals surface area (Å²) in [6, 6.07) is 0. The third kappa shape index (κ3) is 3.13. The molecule has 5 nitrogen and oxygen atoms in total. The number of likely N-dealkylation sites (N-methyl/N-ethyl adjacent to an activating group) is 1. The summed E-state index contributed by atoms with van der Waals surface area (Å²) < 4.78 is 35.8. The Morgan fingerprint density at radius 1 is 1.21 bits per heavy atom. The summed E-state index contributed by atoms with van der Waals surface area (Å²) in [4.78, 5) is 24.5. The van der Waals surface area contributed by atoms with E-state index in [9.17, 15) is 18.4 Å². The van der Waals surface area contributed by atoms with Crippen LogP contribution < -0.4 is 0 Å². The molecule has 0 atom stereocenters. The number of hydrogen-bond acceptors (Lipinski definition) is 4. The Kier molecular flexibility index (Phi) is 3.80. The van der Waals surface area contributed by atoms with Crippen molar-refractivity contribution in [2.24, 2.45) is 0 Å². The van der Waals surface area contributed by atoms with Gasteiger partial charge in [-0.25, -0.2) is 18.4 Å². The number of nitrogens with zero attached hydrogens (tertiary/aromatic N) is 1. The molecule has 0 radical (unpaired) electrons. The summed E-state index contributed by atoms with van der Waals surface area (Å²) in [5.41, 5.74) is -2.41. The second-order valence-corrected chi connectivity index (χ2v) is 5.77. The molecular formula is C12H19F2NO4. The van der Waals surface area contributed by atoms with Crippen molar-refractivity contribution < 1.29 is 27.8 Å². The van der Waals surface area contributed by atoms with Crippen molar-refractivity contribution in [2.75, 3.05) is 14.2 Å². The van der Waals surface area contributed by atoms with Crippen LogP contribution in [0.1, 0.15) is 33.6 Å². The van der Waals surface area contributed by atoms with Gasteiger partial charge in [0.1, 0.15) is 5.60 Å². The van der Waals surface area contributed by atoms with Crippen molar-refractivity contribution in [1.82, 2.24) is 4.90 Å². The minimum atomic E-state index is -2.97. The van der Waals surface area contributed by atoms with Crippen LogP contribution in [0.4, 0.5) is 13.6 Å². The van der Waals surface area contributed by atoms with Gasteiger partial charge in [0.15, 0.2) is 5.54 Å². The summed E-state index contributed by atoms with van der Waals surface area (Å²) in [6.07, 6.45) is -2.32. The molecule has 0 aromatic rings. The molecule has 0 aliphatic heterocycles. The van der Waals surface area contributed by atoms with Crippen molar-refractivity contribution in [3.8, 4) is 0 Å². The molecule has 1 fully saturated rings. The molecule has 19 heavy (non-hydrogen) atoms. The molecule has 1 amide bonds. The molecule has 0 N–H and O–H groups in total. The van der Waals surface area contributed by atoms with Crippen LogP contribution in [0.3, 0.4) is 0 Å². The highest BCUT2D eigenvalue weighted by Gasteiger charge is 2.65. The molecular weight excluding hydrogens is 260 g/mol. The molecule has 0 unspecified atom stereocenters. The molecule has 1 saturated carbocycles. The topological polar surface area (TPSA) is 55.8 Å². The molecule has 1 rings (SSSR count). The number of ether oxygens (including phenoxy) is 2. The van der Waals surface area contributed by atoms with Crippen LogP contribution >= 0.6 is 0 Å². The number of carbonyl (C=O) groups is 2. The molecule has 0 saturated heterocycles. The maximum absolute atomic E-state index is 13.1. The SMILES string of the molecule is COC(=O)C1(N(C)C(=O)OC(C)(C)C)CC(F)(F)C1. The summed E-state index contributed by atoms with van der Waals surface area (Å²) in [5, 5.41) is 0. The van der Waals surface area contributed by atoms with Gasteiger partial charge in [0.2, 0.25) is 0 Å².